The molecule has 0 radical (unpaired) electrons. The summed E-state index contributed by atoms with van der Waals surface area (Å²) in [5, 5.41) is 9.08. The molecule has 0 saturated carbocycles. The molecule has 0 aliphatic rings. The van der Waals surface area contributed by atoms with Crippen molar-refractivity contribution in [2.45, 2.75) is 0 Å². The van der Waals surface area contributed by atoms with Crippen molar-refractivity contribution in [3.8, 4) is 5.75 Å². The fourth-order valence-corrected chi connectivity index (χ4v) is 2.13. The molecule has 1 aromatic rings. The van der Waals surface area contributed by atoms with Crippen molar-refractivity contribution in [3.05, 3.63) is 25.9 Å². The van der Waals surface area contributed by atoms with Crippen molar-refractivity contribution in [1.29, 1.82) is 0 Å². The number of benzene rings is 1. The van der Waals surface area contributed by atoms with Gasteiger partial charge in [-0.2, -0.15) is 0 Å². The van der Waals surface area contributed by atoms with Gasteiger partial charge in [0.05, 0.1) is 14.0 Å². The first kappa shape index (κ1) is 9.29. The summed E-state index contributed by atoms with van der Waals surface area (Å²) >= 11 is 11.3. The van der Waals surface area contributed by atoms with Crippen LogP contribution < -0.4 is 0 Å². The topological polar surface area (TPSA) is 20.2 Å². The monoisotopic (exact) mass is 302 g/mol. The Morgan fingerprint density at radius 2 is 2.00 bits per heavy atom. The van der Waals surface area contributed by atoms with Crippen LogP contribution >= 0.6 is 43.5 Å². The van der Waals surface area contributed by atoms with Gasteiger partial charge in [0, 0.05) is 0 Å². The highest BCUT2D eigenvalue weighted by Gasteiger charge is 2.12. The second-order valence-corrected chi connectivity index (χ2v) is 3.87. The zero-order chi connectivity index (χ0) is 8.59. The van der Waals surface area contributed by atoms with E-state index in [1.807, 2.05) is 0 Å². The summed E-state index contributed by atoms with van der Waals surface area (Å²) in [5.74, 6) is -0.848. The molecule has 0 heterocycles. The highest BCUT2D eigenvalue weighted by molar-refractivity contribution is 9.11. The highest BCUT2D eigenvalue weighted by atomic mass is 79.9. The minimum absolute atomic E-state index is 0.0307. The van der Waals surface area contributed by atoms with E-state index >= 15 is 0 Å². The van der Waals surface area contributed by atoms with Gasteiger partial charge in [-0.05, 0) is 37.9 Å². The Balaban J connectivity index is 3.46. The Hall–Kier alpha value is 0.200. The summed E-state index contributed by atoms with van der Waals surface area (Å²) in [5.41, 5.74) is 0. The summed E-state index contributed by atoms with van der Waals surface area (Å²) in [4.78, 5) is 0. The van der Waals surface area contributed by atoms with Gasteiger partial charge in [-0.15, -0.1) is 0 Å². The van der Waals surface area contributed by atoms with Crippen LogP contribution in [0, 0.1) is 5.82 Å². The van der Waals surface area contributed by atoms with Crippen molar-refractivity contribution in [1.82, 2.24) is 0 Å². The summed E-state index contributed by atoms with van der Waals surface area (Å²) in [6, 6.07) is 1.29. The Morgan fingerprint density at radius 1 is 1.45 bits per heavy atom. The molecule has 0 atom stereocenters. The van der Waals surface area contributed by atoms with E-state index in [-0.39, 0.29) is 15.2 Å². The molecule has 0 unspecified atom stereocenters. The summed E-state index contributed by atoms with van der Waals surface area (Å²) in [7, 11) is 0. The molecule has 0 amide bonds. The van der Waals surface area contributed by atoms with Gasteiger partial charge in [0.2, 0.25) is 0 Å². The predicted octanol–water partition coefficient (Wildman–Crippen LogP) is 3.71. The summed E-state index contributed by atoms with van der Waals surface area (Å²) in [6.45, 7) is 0. The average Bonchev–Trinajstić information content (AvgIpc) is 1.97. The molecule has 0 spiro atoms. The molecule has 11 heavy (non-hydrogen) atoms. The second-order valence-electron chi connectivity index (χ2n) is 1.82. The van der Waals surface area contributed by atoms with Crippen molar-refractivity contribution in [3.63, 3.8) is 0 Å². The first-order valence-electron chi connectivity index (χ1n) is 2.56. The third-order valence-electron chi connectivity index (χ3n) is 1.09. The van der Waals surface area contributed by atoms with Gasteiger partial charge in [-0.3, -0.25) is 0 Å². The number of rotatable bonds is 0. The molecular formula is C6H2Br2ClFO. The van der Waals surface area contributed by atoms with Crippen LogP contribution in [-0.4, -0.2) is 5.11 Å². The number of hydrogen-bond acceptors (Lipinski definition) is 1. The smallest absolute Gasteiger partial charge is 0.159 e. The third-order valence-corrected chi connectivity index (χ3v) is 2.69. The molecule has 1 rings (SSSR count). The molecule has 1 aromatic carbocycles. The van der Waals surface area contributed by atoms with Crippen LogP contribution in [-0.2, 0) is 0 Å². The molecule has 0 bridgehead atoms. The van der Waals surface area contributed by atoms with Gasteiger partial charge in [0.25, 0.3) is 0 Å². The predicted molar refractivity (Wildman–Crippen MR) is 48.5 cm³/mol. The zero-order valence-electron chi connectivity index (χ0n) is 5.04. The Labute approximate surface area is 84.4 Å². The largest absolute Gasteiger partial charge is 0.505 e. The van der Waals surface area contributed by atoms with Crippen LogP contribution in [0.15, 0.2) is 15.0 Å². The van der Waals surface area contributed by atoms with Gasteiger partial charge in [-0.1, -0.05) is 11.6 Å². The van der Waals surface area contributed by atoms with Gasteiger partial charge in [-0.25, -0.2) is 4.39 Å². The lowest BCUT2D eigenvalue weighted by Gasteiger charge is -2.02. The van der Waals surface area contributed by atoms with Crippen LogP contribution in [0.1, 0.15) is 0 Å². The first-order valence-corrected chi connectivity index (χ1v) is 4.52. The van der Waals surface area contributed by atoms with E-state index < -0.39 is 5.82 Å². The Kier molecular flexibility index (Phi) is 2.78. The zero-order valence-corrected chi connectivity index (χ0v) is 8.96. The minimum Gasteiger partial charge on any atom is -0.505 e. The lowest BCUT2D eigenvalue weighted by atomic mass is 10.3. The molecule has 1 nitrogen and oxygen atoms in total. The lowest BCUT2D eigenvalue weighted by Crippen LogP contribution is -1.81. The van der Waals surface area contributed by atoms with Crippen molar-refractivity contribution < 1.29 is 9.50 Å². The molecule has 0 aliphatic heterocycles. The number of hydrogen-bond donors (Lipinski definition) is 1. The van der Waals surface area contributed by atoms with Crippen molar-refractivity contribution >= 4 is 43.5 Å². The molecule has 0 fully saturated rings. The molecule has 5 heteroatoms. The van der Waals surface area contributed by atoms with Gasteiger partial charge in [0.15, 0.2) is 5.82 Å². The van der Waals surface area contributed by atoms with Gasteiger partial charge >= 0.3 is 0 Å². The molecule has 0 aromatic heterocycles. The normalized spacial score (nSPS) is 10.2. The highest BCUT2D eigenvalue weighted by Crippen LogP contribution is 2.37. The van der Waals surface area contributed by atoms with Gasteiger partial charge < -0.3 is 5.11 Å². The van der Waals surface area contributed by atoms with Crippen LogP contribution in [0.3, 0.4) is 0 Å². The maximum absolute atomic E-state index is 12.8. The maximum atomic E-state index is 12.8. The summed E-state index contributed by atoms with van der Waals surface area (Å²) in [6.07, 6.45) is 0. The molecule has 0 saturated heterocycles. The standard InChI is InChI=1S/C6H2Br2ClFO/c7-2-1-3(9)5(10)4(8)6(2)11/h1,11H. The molecule has 60 valence electrons. The lowest BCUT2D eigenvalue weighted by molar-refractivity contribution is 0.461. The number of phenolic OH excluding ortho intramolecular Hbond substituents is 1. The van der Waals surface area contributed by atoms with Crippen LogP contribution in [0.2, 0.25) is 5.02 Å². The Morgan fingerprint density at radius 3 is 2.55 bits per heavy atom. The molecule has 0 aliphatic carbocycles. The van der Waals surface area contributed by atoms with E-state index in [2.05, 4.69) is 31.9 Å². The number of phenols is 1. The van der Waals surface area contributed by atoms with Gasteiger partial charge in [0.1, 0.15) is 5.75 Å². The van der Waals surface area contributed by atoms with E-state index in [1.165, 1.54) is 6.07 Å². The number of aromatic hydroxyl groups is 1. The average molecular weight is 304 g/mol. The van der Waals surface area contributed by atoms with Crippen LogP contribution in [0.4, 0.5) is 4.39 Å². The first-order chi connectivity index (χ1) is 5.04. The van der Waals surface area contributed by atoms with Crippen LogP contribution in [0.25, 0.3) is 0 Å². The van der Waals surface area contributed by atoms with E-state index in [4.69, 9.17) is 16.7 Å². The Bertz CT molecular complexity index is 277. The van der Waals surface area contributed by atoms with Crippen molar-refractivity contribution in [2.24, 2.45) is 0 Å². The molecule has 1 N–H and O–H groups in total. The minimum atomic E-state index is -0.660. The van der Waals surface area contributed by atoms with E-state index in [1.54, 1.807) is 0 Å². The van der Waals surface area contributed by atoms with E-state index in [0.29, 0.717) is 4.47 Å². The molecular weight excluding hydrogens is 302 g/mol. The quantitative estimate of drug-likeness (QED) is 0.572. The summed E-state index contributed by atoms with van der Waals surface area (Å²) < 4.78 is 13.1. The maximum Gasteiger partial charge on any atom is 0.159 e. The van der Waals surface area contributed by atoms with Crippen LogP contribution in [0.5, 0.6) is 5.75 Å². The third kappa shape index (κ3) is 1.68. The fourth-order valence-electron chi connectivity index (χ4n) is 0.557. The SMILES string of the molecule is Oc1c(Br)cc(Cl)c(F)c1Br. The van der Waals surface area contributed by atoms with E-state index in [0.717, 1.165) is 0 Å². The second kappa shape index (κ2) is 3.29. The number of halogens is 4. The van der Waals surface area contributed by atoms with E-state index in [9.17, 15) is 4.39 Å². The van der Waals surface area contributed by atoms with Crippen molar-refractivity contribution in [2.75, 3.05) is 0 Å². The fraction of sp³-hybridized carbons (Fsp3) is 0.